The van der Waals surface area contributed by atoms with Crippen LogP contribution in [0, 0.1) is 0 Å². The number of carbonyl (C=O) groups excluding carboxylic acids is 1. The number of carbonyl (C=O) groups is 1. The molecule has 0 fully saturated rings. The molecule has 5 nitrogen and oxygen atoms in total. The van der Waals surface area contributed by atoms with E-state index in [0.29, 0.717) is 29.6 Å². The van der Waals surface area contributed by atoms with Crippen LogP contribution in [0.5, 0.6) is 5.75 Å². The number of amides is 1. The molecule has 1 amide bonds. The van der Waals surface area contributed by atoms with Gasteiger partial charge in [-0.15, -0.1) is 0 Å². The molecule has 0 radical (unpaired) electrons. The lowest BCUT2D eigenvalue weighted by molar-refractivity contribution is 0.102. The Hall–Kier alpha value is -2.79. The van der Waals surface area contributed by atoms with Gasteiger partial charge in [-0.3, -0.25) is 4.79 Å². The largest absolute Gasteiger partial charge is 0.494 e. The molecule has 1 N–H and O–H groups in total. The number of nitrogens with one attached hydrogen (secondary N) is 1. The predicted molar refractivity (Wildman–Crippen MR) is 108 cm³/mol. The zero-order chi connectivity index (χ0) is 19.1. The van der Waals surface area contributed by atoms with E-state index in [-0.39, 0.29) is 5.91 Å². The van der Waals surface area contributed by atoms with Gasteiger partial charge in [0.25, 0.3) is 5.91 Å². The van der Waals surface area contributed by atoms with Crippen LogP contribution in [0.15, 0.2) is 61.1 Å². The molecule has 2 aromatic carbocycles. The molecule has 0 aliphatic rings. The third kappa shape index (κ3) is 5.59. The van der Waals surface area contributed by atoms with E-state index in [1.807, 2.05) is 41.0 Å². The van der Waals surface area contributed by atoms with Crippen LogP contribution in [0.3, 0.4) is 0 Å². The van der Waals surface area contributed by atoms with Gasteiger partial charge in [-0.05, 0) is 48.4 Å². The van der Waals surface area contributed by atoms with Crippen molar-refractivity contribution in [1.82, 2.24) is 9.55 Å². The monoisotopic (exact) mass is 383 g/mol. The minimum Gasteiger partial charge on any atom is -0.494 e. The van der Waals surface area contributed by atoms with Gasteiger partial charge in [0, 0.05) is 23.3 Å². The molecular weight excluding hydrogens is 362 g/mol. The van der Waals surface area contributed by atoms with E-state index in [2.05, 4.69) is 17.2 Å². The van der Waals surface area contributed by atoms with E-state index >= 15 is 0 Å². The van der Waals surface area contributed by atoms with Crippen LogP contribution in [-0.2, 0) is 6.54 Å². The summed E-state index contributed by atoms with van der Waals surface area (Å²) in [7, 11) is 0. The van der Waals surface area contributed by atoms with Crippen molar-refractivity contribution >= 4 is 23.3 Å². The number of hydrogen-bond acceptors (Lipinski definition) is 3. The highest BCUT2D eigenvalue weighted by molar-refractivity contribution is 6.30. The van der Waals surface area contributed by atoms with E-state index < -0.39 is 0 Å². The van der Waals surface area contributed by atoms with Crippen molar-refractivity contribution in [3.8, 4) is 5.75 Å². The molecule has 140 valence electrons. The maximum atomic E-state index is 12.4. The van der Waals surface area contributed by atoms with Crippen molar-refractivity contribution in [2.24, 2.45) is 0 Å². The van der Waals surface area contributed by atoms with Gasteiger partial charge in [-0.2, -0.15) is 0 Å². The summed E-state index contributed by atoms with van der Waals surface area (Å²) in [5.74, 6) is 1.07. The van der Waals surface area contributed by atoms with E-state index in [1.54, 1.807) is 24.7 Å². The fourth-order valence-electron chi connectivity index (χ4n) is 2.58. The molecule has 1 aromatic heterocycles. The lowest BCUT2D eigenvalue weighted by Crippen LogP contribution is -2.12. The number of unbranched alkanes of at least 4 members (excludes halogenated alkanes) is 1. The average Bonchev–Trinajstić information content (AvgIpc) is 3.09. The number of aromatic nitrogens is 2. The lowest BCUT2D eigenvalue weighted by Gasteiger charge is -2.06. The summed E-state index contributed by atoms with van der Waals surface area (Å²) in [6.07, 6.45) is 5.58. The Balaban J connectivity index is 1.57. The Kier molecular flexibility index (Phi) is 6.49. The van der Waals surface area contributed by atoms with Crippen molar-refractivity contribution in [2.75, 3.05) is 11.9 Å². The van der Waals surface area contributed by atoms with Crippen LogP contribution in [0.4, 0.5) is 5.82 Å². The zero-order valence-corrected chi connectivity index (χ0v) is 15.9. The van der Waals surface area contributed by atoms with Crippen molar-refractivity contribution in [3.05, 3.63) is 77.2 Å². The van der Waals surface area contributed by atoms with Crippen LogP contribution in [0.2, 0.25) is 5.02 Å². The van der Waals surface area contributed by atoms with E-state index in [9.17, 15) is 4.79 Å². The molecular formula is C21H22ClN3O2. The molecule has 3 rings (SSSR count). The summed E-state index contributed by atoms with van der Waals surface area (Å²) in [6.45, 7) is 3.44. The van der Waals surface area contributed by atoms with Gasteiger partial charge >= 0.3 is 0 Å². The number of halogens is 1. The Morgan fingerprint density at radius 1 is 1.22 bits per heavy atom. The van der Waals surface area contributed by atoms with Crippen LogP contribution in [0.25, 0.3) is 0 Å². The second kappa shape index (κ2) is 9.24. The number of anilines is 1. The maximum absolute atomic E-state index is 12.4. The highest BCUT2D eigenvalue weighted by Gasteiger charge is 2.08. The molecule has 0 bridgehead atoms. The van der Waals surface area contributed by atoms with Gasteiger partial charge in [0.2, 0.25) is 0 Å². The number of benzene rings is 2. The molecule has 0 spiro atoms. The quantitative estimate of drug-likeness (QED) is 0.556. The van der Waals surface area contributed by atoms with E-state index in [0.717, 1.165) is 24.2 Å². The first-order valence-corrected chi connectivity index (χ1v) is 9.32. The smallest absolute Gasteiger partial charge is 0.256 e. The van der Waals surface area contributed by atoms with Gasteiger partial charge in [0.15, 0.2) is 5.82 Å². The Morgan fingerprint density at radius 2 is 2.04 bits per heavy atom. The molecule has 0 aliphatic carbocycles. The summed E-state index contributed by atoms with van der Waals surface area (Å²) in [5, 5.41) is 3.51. The second-order valence-corrected chi connectivity index (χ2v) is 6.68. The Labute approximate surface area is 164 Å². The topological polar surface area (TPSA) is 56.1 Å². The average molecular weight is 384 g/mol. The van der Waals surface area contributed by atoms with Gasteiger partial charge in [-0.1, -0.05) is 37.1 Å². The highest BCUT2D eigenvalue weighted by Crippen LogP contribution is 2.15. The van der Waals surface area contributed by atoms with E-state index in [4.69, 9.17) is 16.3 Å². The SMILES string of the molecule is CCCCOc1ccc(C(=O)Nc2cn(Cc3cccc(Cl)c3)cn2)cc1. The first-order valence-electron chi connectivity index (χ1n) is 8.94. The molecule has 6 heteroatoms. The summed E-state index contributed by atoms with van der Waals surface area (Å²) in [6, 6.07) is 14.8. The second-order valence-electron chi connectivity index (χ2n) is 6.24. The summed E-state index contributed by atoms with van der Waals surface area (Å²) in [4.78, 5) is 16.6. The fraction of sp³-hybridized carbons (Fsp3) is 0.238. The molecule has 3 aromatic rings. The lowest BCUT2D eigenvalue weighted by atomic mass is 10.2. The standard InChI is InChI=1S/C21H22ClN3O2/c1-2-3-11-27-19-9-7-17(8-10-19)21(26)24-20-14-25(15-23-20)13-16-5-4-6-18(22)12-16/h4-10,12,14-15H,2-3,11,13H2,1H3,(H,24,26). The maximum Gasteiger partial charge on any atom is 0.256 e. The minimum absolute atomic E-state index is 0.205. The van der Waals surface area contributed by atoms with Crippen molar-refractivity contribution < 1.29 is 9.53 Å². The van der Waals surface area contributed by atoms with Crippen molar-refractivity contribution in [3.63, 3.8) is 0 Å². The molecule has 0 unspecified atom stereocenters. The van der Waals surface area contributed by atoms with E-state index in [1.165, 1.54) is 0 Å². The first-order chi connectivity index (χ1) is 13.1. The van der Waals surface area contributed by atoms with Crippen molar-refractivity contribution in [2.45, 2.75) is 26.3 Å². The molecule has 0 saturated carbocycles. The zero-order valence-electron chi connectivity index (χ0n) is 15.2. The first kappa shape index (κ1) is 19.0. The molecule has 0 atom stereocenters. The Morgan fingerprint density at radius 3 is 2.78 bits per heavy atom. The summed E-state index contributed by atoms with van der Waals surface area (Å²) >= 11 is 6.01. The number of rotatable bonds is 8. The number of ether oxygens (including phenoxy) is 1. The van der Waals surface area contributed by atoms with Crippen LogP contribution in [-0.4, -0.2) is 22.1 Å². The van der Waals surface area contributed by atoms with Crippen LogP contribution in [0.1, 0.15) is 35.7 Å². The molecule has 27 heavy (non-hydrogen) atoms. The predicted octanol–water partition coefficient (Wildman–Crippen LogP) is 5.02. The molecule has 0 saturated heterocycles. The highest BCUT2D eigenvalue weighted by atomic mass is 35.5. The van der Waals surface area contributed by atoms with Gasteiger partial charge in [0.05, 0.1) is 12.9 Å². The molecule has 1 heterocycles. The number of hydrogen-bond donors (Lipinski definition) is 1. The molecule has 0 aliphatic heterocycles. The number of nitrogens with zero attached hydrogens (tertiary/aromatic N) is 2. The van der Waals surface area contributed by atoms with Crippen LogP contribution >= 0.6 is 11.6 Å². The van der Waals surface area contributed by atoms with Gasteiger partial charge < -0.3 is 14.6 Å². The summed E-state index contributed by atoms with van der Waals surface area (Å²) in [5.41, 5.74) is 1.62. The normalized spacial score (nSPS) is 10.6. The minimum atomic E-state index is -0.205. The number of imidazole rings is 1. The van der Waals surface area contributed by atoms with Crippen molar-refractivity contribution in [1.29, 1.82) is 0 Å². The summed E-state index contributed by atoms with van der Waals surface area (Å²) < 4.78 is 7.51. The Bertz CT molecular complexity index is 890. The third-order valence-electron chi connectivity index (χ3n) is 4.01. The third-order valence-corrected chi connectivity index (χ3v) is 4.25. The fourth-order valence-corrected chi connectivity index (χ4v) is 2.80. The van der Waals surface area contributed by atoms with Crippen LogP contribution < -0.4 is 10.1 Å². The van der Waals surface area contributed by atoms with Gasteiger partial charge in [-0.25, -0.2) is 4.98 Å². The van der Waals surface area contributed by atoms with Gasteiger partial charge in [0.1, 0.15) is 5.75 Å².